The molecule has 0 bridgehead atoms. The summed E-state index contributed by atoms with van der Waals surface area (Å²) in [6, 6.07) is 4.63. The molecular weight excluding hydrogens is 264 g/mol. The summed E-state index contributed by atoms with van der Waals surface area (Å²) in [4.78, 5) is 29.5. The molecule has 0 atom stereocenters. The molecule has 2 aromatic rings. The number of carboxylic acids is 1. The molecule has 0 fully saturated rings. The summed E-state index contributed by atoms with van der Waals surface area (Å²) >= 11 is 0. The smallest absolute Gasteiger partial charge is 0.354 e. The molecule has 7 heteroatoms. The van der Waals surface area contributed by atoms with Gasteiger partial charge in [0.25, 0.3) is 0 Å². The van der Waals surface area contributed by atoms with Crippen LogP contribution in [-0.4, -0.2) is 41.0 Å². The molecule has 2 N–H and O–H groups in total. The van der Waals surface area contributed by atoms with Crippen LogP contribution >= 0.6 is 0 Å². The van der Waals surface area contributed by atoms with Crippen molar-refractivity contribution in [1.82, 2.24) is 9.97 Å². The summed E-state index contributed by atoms with van der Waals surface area (Å²) < 4.78 is 10.2. The first-order chi connectivity index (χ1) is 9.58. The minimum Gasteiger partial charge on any atom is -0.497 e. The number of carbonyl (C=O) groups excluding carboxylic acids is 1. The number of nitrogens with one attached hydrogen (secondary N) is 1. The van der Waals surface area contributed by atoms with Crippen molar-refractivity contribution in [3.8, 4) is 11.5 Å². The van der Waals surface area contributed by atoms with E-state index in [4.69, 9.17) is 14.6 Å². The van der Waals surface area contributed by atoms with Crippen LogP contribution in [0.25, 0.3) is 0 Å². The first-order valence-corrected chi connectivity index (χ1v) is 5.62. The first kappa shape index (κ1) is 13.6. The van der Waals surface area contributed by atoms with E-state index >= 15 is 0 Å². The van der Waals surface area contributed by atoms with Crippen LogP contribution in [-0.2, 0) is 0 Å². The van der Waals surface area contributed by atoms with Crippen molar-refractivity contribution in [3.05, 3.63) is 41.5 Å². The molecule has 0 unspecified atom stereocenters. The number of hydrogen-bond donors (Lipinski definition) is 2. The molecule has 0 radical (unpaired) electrons. The fourth-order valence-corrected chi connectivity index (χ4v) is 1.74. The number of aromatic amines is 1. The SMILES string of the molecule is COc1ccc(C(=O)c2nc[nH]c2C(=O)O)c(OC)c1. The number of H-pyrrole nitrogens is 1. The Hall–Kier alpha value is -2.83. The second-order valence-electron chi connectivity index (χ2n) is 3.83. The largest absolute Gasteiger partial charge is 0.497 e. The van der Waals surface area contributed by atoms with Gasteiger partial charge in [-0.25, -0.2) is 9.78 Å². The third-order valence-corrected chi connectivity index (χ3v) is 2.72. The van der Waals surface area contributed by atoms with Gasteiger partial charge < -0.3 is 19.6 Å². The molecule has 0 saturated heterocycles. The highest BCUT2D eigenvalue weighted by Gasteiger charge is 2.23. The molecule has 0 spiro atoms. The molecular formula is C13H12N2O5. The minimum atomic E-state index is -1.25. The fourth-order valence-electron chi connectivity index (χ4n) is 1.74. The van der Waals surface area contributed by atoms with E-state index < -0.39 is 11.8 Å². The number of aromatic carboxylic acids is 1. The Morgan fingerprint density at radius 3 is 2.60 bits per heavy atom. The number of nitrogens with zero attached hydrogens (tertiary/aromatic N) is 1. The van der Waals surface area contributed by atoms with Crippen LogP contribution in [0.1, 0.15) is 26.5 Å². The number of rotatable bonds is 5. The third kappa shape index (κ3) is 2.33. The van der Waals surface area contributed by atoms with E-state index in [1.54, 1.807) is 12.1 Å². The van der Waals surface area contributed by atoms with Gasteiger partial charge >= 0.3 is 5.97 Å². The molecule has 7 nitrogen and oxygen atoms in total. The average molecular weight is 276 g/mol. The van der Waals surface area contributed by atoms with Crippen molar-refractivity contribution >= 4 is 11.8 Å². The van der Waals surface area contributed by atoms with Crippen LogP contribution < -0.4 is 9.47 Å². The van der Waals surface area contributed by atoms with Gasteiger partial charge in [-0.3, -0.25) is 4.79 Å². The molecule has 0 aliphatic rings. The van der Waals surface area contributed by atoms with Gasteiger partial charge in [-0.05, 0) is 12.1 Å². The van der Waals surface area contributed by atoms with E-state index in [0.29, 0.717) is 5.75 Å². The first-order valence-electron chi connectivity index (χ1n) is 5.62. The Morgan fingerprint density at radius 1 is 1.25 bits per heavy atom. The predicted molar refractivity (Wildman–Crippen MR) is 68.5 cm³/mol. The van der Waals surface area contributed by atoms with E-state index in [-0.39, 0.29) is 22.7 Å². The summed E-state index contributed by atoms with van der Waals surface area (Å²) in [6.45, 7) is 0. The fraction of sp³-hybridized carbons (Fsp3) is 0.154. The highest BCUT2D eigenvalue weighted by atomic mass is 16.5. The second-order valence-corrected chi connectivity index (χ2v) is 3.83. The molecule has 20 heavy (non-hydrogen) atoms. The van der Waals surface area contributed by atoms with Crippen LogP contribution in [0, 0.1) is 0 Å². The van der Waals surface area contributed by atoms with Gasteiger partial charge in [0.2, 0.25) is 5.78 Å². The molecule has 1 heterocycles. The molecule has 2 rings (SSSR count). The molecule has 1 aromatic carbocycles. The van der Waals surface area contributed by atoms with Crippen LogP contribution in [0.4, 0.5) is 0 Å². The highest BCUT2D eigenvalue weighted by molar-refractivity contribution is 6.13. The van der Waals surface area contributed by atoms with E-state index in [1.165, 1.54) is 20.3 Å². The third-order valence-electron chi connectivity index (χ3n) is 2.72. The summed E-state index contributed by atoms with van der Waals surface area (Å²) in [7, 11) is 2.90. The minimum absolute atomic E-state index is 0.166. The number of imidazole rings is 1. The maximum atomic E-state index is 12.3. The van der Waals surface area contributed by atoms with Gasteiger partial charge in [-0.1, -0.05) is 0 Å². The second kappa shape index (κ2) is 5.43. The van der Waals surface area contributed by atoms with E-state index in [0.717, 1.165) is 6.33 Å². The Labute approximate surface area is 114 Å². The summed E-state index contributed by atoms with van der Waals surface area (Å²) in [5.74, 6) is -0.978. The molecule has 104 valence electrons. The number of carbonyl (C=O) groups is 2. The number of methoxy groups -OCH3 is 2. The van der Waals surface area contributed by atoms with Crippen molar-refractivity contribution in [3.63, 3.8) is 0 Å². The molecule has 1 aromatic heterocycles. The zero-order chi connectivity index (χ0) is 14.7. The number of hydrogen-bond acceptors (Lipinski definition) is 5. The zero-order valence-electron chi connectivity index (χ0n) is 10.8. The van der Waals surface area contributed by atoms with Crippen molar-refractivity contribution in [1.29, 1.82) is 0 Å². The standard InChI is InChI=1S/C13H12N2O5/c1-19-7-3-4-8(9(5-7)20-2)12(16)10-11(13(17)18)15-6-14-10/h3-6H,1-2H3,(H,14,15)(H,17,18). The number of carboxylic acid groups (broad SMARTS) is 1. The zero-order valence-corrected chi connectivity index (χ0v) is 10.8. The van der Waals surface area contributed by atoms with E-state index in [2.05, 4.69) is 9.97 Å². The van der Waals surface area contributed by atoms with Crippen LogP contribution in [0.15, 0.2) is 24.5 Å². The Morgan fingerprint density at radius 2 is 2.00 bits per heavy atom. The lowest BCUT2D eigenvalue weighted by atomic mass is 10.1. The highest BCUT2D eigenvalue weighted by Crippen LogP contribution is 2.26. The maximum Gasteiger partial charge on any atom is 0.354 e. The summed E-state index contributed by atoms with van der Waals surface area (Å²) in [6.07, 6.45) is 1.16. The molecule has 0 amide bonds. The van der Waals surface area contributed by atoms with Crippen molar-refractivity contribution in [2.75, 3.05) is 14.2 Å². The quantitative estimate of drug-likeness (QED) is 0.799. The van der Waals surface area contributed by atoms with Gasteiger partial charge in [0, 0.05) is 6.07 Å². The van der Waals surface area contributed by atoms with E-state index in [9.17, 15) is 9.59 Å². The van der Waals surface area contributed by atoms with Crippen LogP contribution in [0.3, 0.4) is 0 Å². The monoisotopic (exact) mass is 276 g/mol. The predicted octanol–water partition coefficient (Wildman–Crippen LogP) is 1.36. The van der Waals surface area contributed by atoms with Gasteiger partial charge in [0.1, 0.15) is 17.2 Å². The Bertz CT molecular complexity index is 663. The molecule has 0 aliphatic heterocycles. The average Bonchev–Trinajstić information content (AvgIpc) is 2.95. The number of aromatic nitrogens is 2. The summed E-state index contributed by atoms with van der Waals surface area (Å²) in [5.41, 5.74) is -0.211. The lowest BCUT2D eigenvalue weighted by Crippen LogP contribution is -2.10. The summed E-state index contributed by atoms with van der Waals surface area (Å²) in [5, 5.41) is 8.98. The van der Waals surface area contributed by atoms with Crippen LogP contribution in [0.5, 0.6) is 11.5 Å². The number of ketones is 1. The lowest BCUT2D eigenvalue weighted by Gasteiger charge is -2.08. The van der Waals surface area contributed by atoms with Crippen molar-refractivity contribution in [2.24, 2.45) is 0 Å². The van der Waals surface area contributed by atoms with Gasteiger partial charge in [0.05, 0.1) is 26.1 Å². The number of benzene rings is 1. The van der Waals surface area contributed by atoms with Crippen molar-refractivity contribution < 1.29 is 24.2 Å². The Kier molecular flexibility index (Phi) is 3.69. The van der Waals surface area contributed by atoms with E-state index in [1.807, 2.05) is 0 Å². The van der Waals surface area contributed by atoms with Gasteiger partial charge in [-0.15, -0.1) is 0 Å². The molecule has 0 aliphatic carbocycles. The number of ether oxygens (including phenoxy) is 2. The van der Waals surface area contributed by atoms with Crippen molar-refractivity contribution in [2.45, 2.75) is 0 Å². The lowest BCUT2D eigenvalue weighted by molar-refractivity contribution is 0.0686. The normalized spacial score (nSPS) is 10.1. The van der Waals surface area contributed by atoms with Gasteiger partial charge in [-0.2, -0.15) is 0 Å². The molecule has 0 saturated carbocycles. The van der Waals surface area contributed by atoms with Gasteiger partial charge in [0.15, 0.2) is 5.69 Å². The Balaban J connectivity index is 2.48. The maximum absolute atomic E-state index is 12.3. The van der Waals surface area contributed by atoms with Crippen LogP contribution in [0.2, 0.25) is 0 Å². The topological polar surface area (TPSA) is 102 Å².